The molecule has 0 radical (unpaired) electrons. The predicted molar refractivity (Wildman–Crippen MR) is 122 cm³/mol. The van der Waals surface area contributed by atoms with E-state index in [9.17, 15) is 20.1 Å². The van der Waals surface area contributed by atoms with Gasteiger partial charge >= 0.3 is 0 Å². The summed E-state index contributed by atoms with van der Waals surface area (Å²) in [4.78, 5) is 12.8. The first-order chi connectivity index (χ1) is 14.3. The number of aliphatic hydroxyl groups excluding tert-OH is 1. The summed E-state index contributed by atoms with van der Waals surface area (Å²) >= 11 is 0. The van der Waals surface area contributed by atoms with Gasteiger partial charge < -0.3 is 15.3 Å². The van der Waals surface area contributed by atoms with E-state index in [1.165, 1.54) is 25.7 Å². The molecule has 0 saturated heterocycles. The smallest absolute Gasteiger partial charge is 0.193 e. The number of Topliss-reactive ketones (excluding diaryl/α,β-unsaturated/α-hetero) is 1. The summed E-state index contributed by atoms with van der Waals surface area (Å²) < 4.78 is 0. The molecule has 0 spiro atoms. The summed E-state index contributed by atoms with van der Waals surface area (Å²) in [7, 11) is 0. The van der Waals surface area contributed by atoms with E-state index in [0.29, 0.717) is 41.9 Å². The van der Waals surface area contributed by atoms with Crippen LogP contribution in [0.25, 0.3) is 0 Å². The van der Waals surface area contributed by atoms with Gasteiger partial charge in [-0.15, -0.1) is 0 Å². The fraction of sp³-hybridized carbons (Fsp3) is 0.963. The Kier molecular flexibility index (Phi) is 5.97. The normalized spacial score (nSPS) is 48.6. The topological polar surface area (TPSA) is 77.8 Å². The maximum atomic E-state index is 12.8. The van der Waals surface area contributed by atoms with Crippen molar-refractivity contribution in [1.82, 2.24) is 0 Å². The third kappa shape index (κ3) is 3.64. The van der Waals surface area contributed by atoms with Gasteiger partial charge in [0.15, 0.2) is 5.78 Å². The fourth-order valence-corrected chi connectivity index (χ4v) is 9.12. The van der Waals surface area contributed by atoms with E-state index < -0.39 is 17.3 Å². The molecule has 0 amide bonds. The van der Waals surface area contributed by atoms with Crippen molar-refractivity contribution in [2.24, 2.45) is 40.4 Å². The molecule has 4 nitrogen and oxygen atoms in total. The maximum absolute atomic E-state index is 12.8. The molecule has 9 atom stereocenters. The molecule has 0 bridgehead atoms. The van der Waals surface area contributed by atoms with Crippen LogP contribution in [0, 0.1) is 40.4 Å². The van der Waals surface area contributed by atoms with Gasteiger partial charge in [-0.2, -0.15) is 0 Å². The summed E-state index contributed by atoms with van der Waals surface area (Å²) in [6, 6.07) is 0. The quantitative estimate of drug-likeness (QED) is 0.576. The van der Waals surface area contributed by atoms with Crippen LogP contribution in [0.3, 0.4) is 0 Å². The molecule has 4 heteroatoms. The molecule has 178 valence electrons. The highest BCUT2D eigenvalue weighted by Crippen LogP contribution is 2.68. The third-order valence-electron chi connectivity index (χ3n) is 10.9. The summed E-state index contributed by atoms with van der Waals surface area (Å²) in [6.07, 6.45) is 9.76. The molecule has 0 aromatic carbocycles. The zero-order valence-corrected chi connectivity index (χ0v) is 20.5. The minimum atomic E-state index is -1.33. The lowest BCUT2D eigenvalue weighted by Crippen LogP contribution is -2.67. The molecule has 0 aliphatic heterocycles. The molecular weight excluding hydrogens is 388 g/mol. The molecule has 4 rings (SSSR count). The van der Waals surface area contributed by atoms with Crippen molar-refractivity contribution in [1.29, 1.82) is 0 Å². The van der Waals surface area contributed by atoms with Gasteiger partial charge in [0.1, 0.15) is 11.7 Å². The molecule has 4 aliphatic rings. The molecule has 4 aliphatic carbocycles. The summed E-state index contributed by atoms with van der Waals surface area (Å²) in [6.45, 7) is 10.9. The van der Waals surface area contributed by atoms with E-state index in [1.54, 1.807) is 0 Å². The largest absolute Gasteiger partial charge is 0.390 e. The number of hydrogen-bond donors (Lipinski definition) is 3. The van der Waals surface area contributed by atoms with E-state index in [2.05, 4.69) is 20.8 Å². The molecular formula is C27H46O4. The number of fused-ring (bicyclic) bond motifs is 5. The van der Waals surface area contributed by atoms with Crippen molar-refractivity contribution < 1.29 is 20.1 Å². The second kappa shape index (κ2) is 7.81. The van der Waals surface area contributed by atoms with Gasteiger partial charge in [-0.3, -0.25) is 4.79 Å². The number of aliphatic hydroxyl groups is 3. The molecule has 0 aromatic heterocycles. The van der Waals surface area contributed by atoms with Crippen LogP contribution in [-0.4, -0.2) is 38.4 Å². The average molecular weight is 435 g/mol. The summed E-state index contributed by atoms with van der Waals surface area (Å²) in [5, 5.41) is 31.8. The highest BCUT2D eigenvalue weighted by molar-refractivity contribution is 5.92. The predicted octanol–water partition coefficient (Wildman–Crippen LogP) is 4.88. The lowest BCUT2D eigenvalue weighted by atomic mass is 9.42. The van der Waals surface area contributed by atoms with Crippen molar-refractivity contribution in [3.05, 3.63) is 0 Å². The maximum Gasteiger partial charge on any atom is 0.193 e. The molecule has 4 fully saturated rings. The van der Waals surface area contributed by atoms with Crippen LogP contribution in [0.4, 0.5) is 0 Å². The Morgan fingerprint density at radius 1 is 1.03 bits per heavy atom. The Bertz CT molecular complexity index is 698. The zero-order chi connectivity index (χ0) is 22.8. The van der Waals surface area contributed by atoms with Crippen molar-refractivity contribution in [2.75, 3.05) is 0 Å². The molecule has 0 aromatic rings. The molecule has 2 unspecified atom stereocenters. The molecule has 4 saturated carbocycles. The van der Waals surface area contributed by atoms with E-state index >= 15 is 0 Å². The fourth-order valence-electron chi connectivity index (χ4n) is 9.12. The van der Waals surface area contributed by atoms with Gasteiger partial charge in [0.25, 0.3) is 0 Å². The Morgan fingerprint density at radius 3 is 2.42 bits per heavy atom. The van der Waals surface area contributed by atoms with E-state index in [1.807, 2.05) is 13.8 Å². The van der Waals surface area contributed by atoms with E-state index in [-0.39, 0.29) is 11.2 Å². The lowest BCUT2D eigenvalue weighted by molar-refractivity contribution is -0.213. The van der Waals surface area contributed by atoms with E-state index in [4.69, 9.17) is 0 Å². The van der Waals surface area contributed by atoms with E-state index in [0.717, 1.165) is 38.0 Å². The highest BCUT2D eigenvalue weighted by Gasteiger charge is 2.67. The first kappa shape index (κ1) is 23.7. The molecule has 3 N–H and O–H groups in total. The second-order valence-electron chi connectivity index (χ2n) is 13.0. The van der Waals surface area contributed by atoms with Crippen molar-refractivity contribution in [2.45, 2.75) is 123 Å². The molecule has 0 heterocycles. The van der Waals surface area contributed by atoms with Crippen molar-refractivity contribution in [3.8, 4) is 0 Å². The van der Waals surface area contributed by atoms with Gasteiger partial charge in [0.05, 0.1) is 5.60 Å². The van der Waals surface area contributed by atoms with Crippen LogP contribution in [0.15, 0.2) is 0 Å². The monoisotopic (exact) mass is 434 g/mol. The minimum Gasteiger partial charge on any atom is -0.390 e. The Balaban J connectivity index is 1.50. The van der Waals surface area contributed by atoms with Gasteiger partial charge in [-0.1, -0.05) is 33.6 Å². The average Bonchev–Trinajstić information content (AvgIpc) is 3.03. The summed E-state index contributed by atoms with van der Waals surface area (Å²) in [5.41, 5.74) is -1.93. The first-order valence-corrected chi connectivity index (χ1v) is 13.0. The molecule has 31 heavy (non-hydrogen) atoms. The van der Waals surface area contributed by atoms with Crippen molar-refractivity contribution >= 4 is 5.78 Å². The second-order valence-corrected chi connectivity index (χ2v) is 13.0. The number of carbonyl (C=O) groups excluding carboxylic acids is 1. The highest BCUT2D eigenvalue weighted by atomic mass is 16.3. The third-order valence-corrected chi connectivity index (χ3v) is 10.9. The number of hydrogen-bond acceptors (Lipinski definition) is 4. The van der Waals surface area contributed by atoms with Crippen LogP contribution in [0.5, 0.6) is 0 Å². The Morgan fingerprint density at radius 2 is 1.74 bits per heavy atom. The van der Waals surface area contributed by atoms with Crippen LogP contribution >= 0.6 is 0 Å². The Hall–Kier alpha value is -0.450. The van der Waals surface area contributed by atoms with Crippen LogP contribution in [-0.2, 0) is 4.79 Å². The number of ketones is 1. The van der Waals surface area contributed by atoms with Gasteiger partial charge in [0.2, 0.25) is 0 Å². The number of carbonyl (C=O) groups is 1. The zero-order valence-electron chi connectivity index (χ0n) is 20.5. The Labute approximate surface area is 189 Å². The van der Waals surface area contributed by atoms with Crippen LogP contribution in [0.1, 0.15) is 105 Å². The standard InChI is InChI=1S/C27H46O4/c1-17(7-6-13-24(2,3)30)19-8-9-20-18-10-16-27(31)23(29)22(28)12-15-26(27,5)21(18)11-14-25(19,20)4/h17-22,28,30-31H,6-16H2,1-5H3/t17?,18-,19+,20-,21-,22-,25+,26+,27?/m0/s1. The number of rotatable bonds is 5. The minimum absolute atomic E-state index is 0.308. The SMILES string of the molecule is CC(CCCC(C)(C)O)[C@H]1CC[C@H]2[C@@H]3CCC4(O)C(=O)[C@@H](O)CC[C@]4(C)[C@H]3CC[C@]12C. The van der Waals surface area contributed by atoms with Gasteiger partial charge in [-0.05, 0) is 107 Å². The van der Waals surface area contributed by atoms with Crippen molar-refractivity contribution in [3.63, 3.8) is 0 Å². The first-order valence-electron chi connectivity index (χ1n) is 13.0. The lowest BCUT2D eigenvalue weighted by Gasteiger charge is -2.63. The van der Waals surface area contributed by atoms with Gasteiger partial charge in [-0.25, -0.2) is 0 Å². The van der Waals surface area contributed by atoms with Gasteiger partial charge in [0, 0.05) is 5.41 Å². The summed E-state index contributed by atoms with van der Waals surface area (Å²) in [5.74, 6) is 2.79. The van der Waals surface area contributed by atoms with Crippen LogP contribution < -0.4 is 0 Å². The van der Waals surface area contributed by atoms with Crippen LogP contribution in [0.2, 0.25) is 0 Å².